The number of carbonyl (C=O) groups excluding carboxylic acids is 2. The third-order valence-electron chi connectivity index (χ3n) is 5.86. The summed E-state index contributed by atoms with van der Waals surface area (Å²) in [5, 5.41) is 5.83. The molecule has 29 heavy (non-hydrogen) atoms. The van der Waals surface area contributed by atoms with E-state index in [1.165, 1.54) is 0 Å². The molecule has 9 heteroatoms. The Morgan fingerprint density at radius 3 is 2.41 bits per heavy atom. The summed E-state index contributed by atoms with van der Waals surface area (Å²) >= 11 is 0. The van der Waals surface area contributed by atoms with Crippen molar-refractivity contribution in [2.75, 3.05) is 49.5 Å². The van der Waals surface area contributed by atoms with E-state index in [-0.39, 0.29) is 41.9 Å². The Labute approximate surface area is 171 Å². The third-order valence-corrected chi connectivity index (χ3v) is 7.61. The highest BCUT2D eigenvalue weighted by atomic mass is 32.2. The van der Waals surface area contributed by atoms with Gasteiger partial charge in [-0.2, -0.15) is 0 Å². The lowest BCUT2D eigenvalue weighted by Gasteiger charge is -2.37. The second kappa shape index (κ2) is 8.41. The van der Waals surface area contributed by atoms with Gasteiger partial charge in [0.25, 0.3) is 5.91 Å². The van der Waals surface area contributed by atoms with E-state index in [1.54, 1.807) is 24.3 Å². The van der Waals surface area contributed by atoms with Crippen molar-refractivity contribution in [1.82, 2.24) is 15.1 Å². The van der Waals surface area contributed by atoms with Crippen LogP contribution in [0, 0.1) is 0 Å². The predicted octanol–water partition coefficient (Wildman–Crippen LogP) is 0.322. The Bertz CT molecular complexity index is 876. The maximum Gasteiger partial charge on any atom is 0.253 e. The molecule has 1 aliphatic carbocycles. The van der Waals surface area contributed by atoms with Crippen LogP contribution < -0.4 is 10.6 Å². The summed E-state index contributed by atoms with van der Waals surface area (Å²) in [6.45, 7) is 3.26. The largest absolute Gasteiger partial charge is 0.349 e. The monoisotopic (exact) mass is 420 g/mol. The zero-order chi connectivity index (χ0) is 20.4. The molecule has 158 valence electrons. The van der Waals surface area contributed by atoms with Crippen LogP contribution in [0.2, 0.25) is 0 Å². The number of nitrogens with zero attached hydrogens (tertiary/aromatic N) is 2. The van der Waals surface area contributed by atoms with E-state index < -0.39 is 9.84 Å². The van der Waals surface area contributed by atoms with Gasteiger partial charge in [-0.3, -0.25) is 19.4 Å². The van der Waals surface area contributed by atoms with Crippen LogP contribution in [0.3, 0.4) is 0 Å². The molecule has 0 spiro atoms. The molecule has 1 atom stereocenters. The second-order valence-electron chi connectivity index (χ2n) is 8.21. The SMILES string of the molecule is O=C(CN1CCN([C@H]2CCS(=O)(=O)C2)CC1)Nc1ccccc1C(=O)NC1CC1. The van der Waals surface area contributed by atoms with Crippen LogP contribution in [-0.2, 0) is 14.6 Å². The summed E-state index contributed by atoms with van der Waals surface area (Å²) in [7, 11) is -2.88. The molecule has 2 aliphatic heterocycles. The summed E-state index contributed by atoms with van der Waals surface area (Å²) in [5.41, 5.74) is 1.02. The van der Waals surface area contributed by atoms with E-state index in [4.69, 9.17) is 0 Å². The first-order valence-corrected chi connectivity index (χ1v) is 12.1. The molecule has 2 heterocycles. The summed E-state index contributed by atoms with van der Waals surface area (Å²) in [6, 6.07) is 7.45. The first-order chi connectivity index (χ1) is 13.9. The van der Waals surface area contributed by atoms with Crippen molar-refractivity contribution in [2.45, 2.75) is 31.3 Å². The standard InChI is InChI=1S/C20H28N4O4S/c25-19(22-18-4-2-1-3-17(18)20(26)21-15-5-6-15)13-23-8-10-24(11-9-23)16-7-12-29(27,28)14-16/h1-4,15-16H,5-14H2,(H,21,26)(H,22,25)/t16-/m0/s1. The quantitative estimate of drug-likeness (QED) is 0.688. The zero-order valence-corrected chi connectivity index (χ0v) is 17.3. The predicted molar refractivity (Wildman–Crippen MR) is 111 cm³/mol. The van der Waals surface area contributed by atoms with E-state index >= 15 is 0 Å². The van der Waals surface area contributed by atoms with Gasteiger partial charge in [-0.05, 0) is 31.4 Å². The van der Waals surface area contributed by atoms with Crippen molar-refractivity contribution in [3.63, 3.8) is 0 Å². The highest BCUT2D eigenvalue weighted by molar-refractivity contribution is 7.91. The number of amides is 2. The fraction of sp³-hybridized carbons (Fsp3) is 0.600. The molecule has 0 bridgehead atoms. The fourth-order valence-electron chi connectivity index (χ4n) is 4.02. The molecule has 2 amide bonds. The molecule has 3 aliphatic rings. The van der Waals surface area contributed by atoms with Crippen molar-refractivity contribution in [1.29, 1.82) is 0 Å². The Hall–Kier alpha value is -1.97. The number of rotatable bonds is 6. The molecule has 4 rings (SSSR count). The molecule has 0 radical (unpaired) electrons. The van der Waals surface area contributed by atoms with Gasteiger partial charge in [0.1, 0.15) is 0 Å². The molecule has 2 saturated heterocycles. The van der Waals surface area contributed by atoms with Crippen molar-refractivity contribution < 1.29 is 18.0 Å². The van der Waals surface area contributed by atoms with Crippen molar-refractivity contribution in [3.8, 4) is 0 Å². The number of hydrogen-bond acceptors (Lipinski definition) is 6. The molecular formula is C20H28N4O4S. The van der Waals surface area contributed by atoms with Gasteiger partial charge in [-0.1, -0.05) is 12.1 Å². The second-order valence-corrected chi connectivity index (χ2v) is 10.4. The van der Waals surface area contributed by atoms with E-state index in [2.05, 4.69) is 20.4 Å². The van der Waals surface area contributed by atoms with Gasteiger partial charge in [0.15, 0.2) is 9.84 Å². The van der Waals surface area contributed by atoms with Crippen LogP contribution in [0.5, 0.6) is 0 Å². The highest BCUT2D eigenvalue weighted by Crippen LogP contribution is 2.22. The number of nitrogens with one attached hydrogen (secondary N) is 2. The van der Waals surface area contributed by atoms with Gasteiger partial charge in [-0.15, -0.1) is 0 Å². The van der Waals surface area contributed by atoms with Gasteiger partial charge >= 0.3 is 0 Å². The number of piperazine rings is 1. The van der Waals surface area contributed by atoms with Crippen molar-refractivity contribution in [2.24, 2.45) is 0 Å². The zero-order valence-electron chi connectivity index (χ0n) is 16.5. The minimum absolute atomic E-state index is 0.118. The maximum absolute atomic E-state index is 12.5. The molecule has 1 aromatic carbocycles. The molecule has 0 aromatic heterocycles. The molecule has 1 saturated carbocycles. The van der Waals surface area contributed by atoms with Crippen LogP contribution in [0.15, 0.2) is 24.3 Å². The highest BCUT2D eigenvalue weighted by Gasteiger charge is 2.34. The molecular weight excluding hydrogens is 392 g/mol. The van der Waals surface area contributed by atoms with Gasteiger partial charge in [0, 0.05) is 38.3 Å². The normalized spacial score (nSPS) is 24.9. The Kier molecular flexibility index (Phi) is 5.89. The summed E-state index contributed by atoms with van der Waals surface area (Å²) in [5.74, 6) is 0.249. The van der Waals surface area contributed by atoms with Crippen LogP contribution >= 0.6 is 0 Å². The maximum atomic E-state index is 12.5. The van der Waals surface area contributed by atoms with Gasteiger partial charge in [-0.25, -0.2) is 8.42 Å². The van der Waals surface area contributed by atoms with Crippen LogP contribution in [0.1, 0.15) is 29.6 Å². The minimum Gasteiger partial charge on any atom is -0.349 e. The number of anilines is 1. The number of carbonyl (C=O) groups is 2. The Morgan fingerprint density at radius 2 is 1.76 bits per heavy atom. The summed E-state index contributed by atoms with van der Waals surface area (Å²) in [4.78, 5) is 29.2. The van der Waals surface area contributed by atoms with E-state index in [0.29, 0.717) is 17.7 Å². The average molecular weight is 421 g/mol. The lowest BCUT2D eigenvalue weighted by molar-refractivity contribution is -0.117. The van der Waals surface area contributed by atoms with Crippen LogP contribution in [0.25, 0.3) is 0 Å². The van der Waals surface area contributed by atoms with Crippen molar-refractivity contribution in [3.05, 3.63) is 29.8 Å². The number of para-hydroxylation sites is 1. The van der Waals surface area contributed by atoms with Crippen LogP contribution in [0.4, 0.5) is 5.69 Å². The summed E-state index contributed by atoms with van der Waals surface area (Å²) < 4.78 is 23.4. The van der Waals surface area contributed by atoms with Crippen LogP contribution in [-0.4, -0.2) is 86.3 Å². The molecule has 3 fully saturated rings. The fourth-order valence-corrected chi connectivity index (χ4v) is 5.79. The van der Waals surface area contributed by atoms with Gasteiger partial charge < -0.3 is 10.6 Å². The first-order valence-electron chi connectivity index (χ1n) is 10.3. The van der Waals surface area contributed by atoms with Gasteiger partial charge in [0.2, 0.25) is 5.91 Å². The number of hydrogen-bond donors (Lipinski definition) is 2. The average Bonchev–Trinajstić information content (AvgIpc) is 3.42. The Balaban J connectivity index is 1.27. The lowest BCUT2D eigenvalue weighted by atomic mass is 10.1. The Morgan fingerprint density at radius 1 is 1.03 bits per heavy atom. The topological polar surface area (TPSA) is 98.8 Å². The summed E-state index contributed by atoms with van der Waals surface area (Å²) in [6.07, 6.45) is 2.74. The minimum atomic E-state index is -2.88. The third kappa shape index (κ3) is 5.34. The number of benzene rings is 1. The molecule has 8 nitrogen and oxygen atoms in total. The smallest absolute Gasteiger partial charge is 0.253 e. The molecule has 2 N–H and O–H groups in total. The van der Waals surface area contributed by atoms with Gasteiger partial charge in [0.05, 0.1) is 29.3 Å². The first kappa shape index (κ1) is 20.3. The van der Waals surface area contributed by atoms with E-state index in [0.717, 1.165) is 39.0 Å². The van der Waals surface area contributed by atoms with E-state index in [1.807, 2.05) is 0 Å². The number of sulfone groups is 1. The lowest BCUT2D eigenvalue weighted by Crippen LogP contribution is -2.52. The van der Waals surface area contributed by atoms with Crippen molar-refractivity contribution >= 4 is 27.3 Å². The molecule has 1 aromatic rings. The molecule has 0 unspecified atom stereocenters. The van der Waals surface area contributed by atoms with E-state index in [9.17, 15) is 18.0 Å².